The van der Waals surface area contributed by atoms with Crippen molar-refractivity contribution in [2.24, 2.45) is 5.10 Å². The number of hydrogen-bond acceptors (Lipinski definition) is 5. The number of benzene rings is 2. The van der Waals surface area contributed by atoms with Gasteiger partial charge in [-0.1, -0.05) is 30.3 Å². The van der Waals surface area contributed by atoms with Crippen molar-refractivity contribution in [2.75, 3.05) is 11.9 Å². The van der Waals surface area contributed by atoms with Gasteiger partial charge in [-0.15, -0.1) is 0 Å². The highest BCUT2D eigenvalue weighted by Gasteiger charge is 2.12. The number of hydrazone groups is 1. The smallest absolute Gasteiger partial charge is 0.329 e. The predicted molar refractivity (Wildman–Crippen MR) is 111 cm³/mol. The number of carbonyl (C=O) groups excluding carboxylic acids is 3. The fraction of sp³-hybridized carbons (Fsp3) is 0.238. The van der Waals surface area contributed by atoms with E-state index in [0.29, 0.717) is 11.3 Å². The molecular formula is C21H24N4O4. The van der Waals surface area contributed by atoms with Gasteiger partial charge in [-0.2, -0.15) is 5.10 Å². The molecule has 29 heavy (non-hydrogen) atoms. The molecule has 0 saturated carbocycles. The van der Waals surface area contributed by atoms with E-state index in [1.54, 1.807) is 38.1 Å². The molecule has 152 valence electrons. The van der Waals surface area contributed by atoms with Crippen LogP contribution in [-0.2, 0) is 14.4 Å². The largest absolute Gasteiger partial charge is 0.484 e. The molecular weight excluding hydrogens is 372 g/mol. The summed E-state index contributed by atoms with van der Waals surface area (Å²) in [5.74, 6) is -1.41. The van der Waals surface area contributed by atoms with E-state index < -0.39 is 11.8 Å². The second kappa shape index (κ2) is 10.6. The quantitative estimate of drug-likeness (QED) is 0.378. The van der Waals surface area contributed by atoms with E-state index in [1.165, 1.54) is 6.21 Å². The molecule has 2 rings (SSSR count). The molecule has 0 aromatic heterocycles. The fourth-order valence-corrected chi connectivity index (χ4v) is 2.28. The first-order valence-corrected chi connectivity index (χ1v) is 9.07. The maximum Gasteiger partial charge on any atom is 0.329 e. The van der Waals surface area contributed by atoms with E-state index in [2.05, 4.69) is 21.2 Å². The van der Waals surface area contributed by atoms with Gasteiger partial charge < -0.3 is 15.4 Å². The first-order valence-electron chi connectivity index (χ1n) is 9.07. The highest BCUT2D eigenvalue weighted by molar-refractivity contribution is 6.35. The standard InChI is InChI=1S/C21H24N4O4/c1-14(2)23-20(27)21(28)25-22-12-16-8-6-9-17(11-16)29-13-19(26)24-18-10-5-4-7-15(18)3/h4-12,14H,13H2,1-3H3,(H,23,27)(H,24,26)(H,25,28)/b22-12-. The zero-order chi connectivity index (χ0) is 21.2. The topological polar surface area (TPSA) is 109 Å². The van der Waals surface area contributed by atoms with E-state index in [9.17, 15) is 14.4 Å². The third-order valence-electron chi connectivity index (χ3n) is 3.65. The highest BCUT2D eigenvalue weighted by atomic mass is 16.5. The Kier molecular flexibility index (Phi) is 7.90. The van der Waals surface area contributed by atoms with Crippen LogP contribution in [0.25, 0.3) is 0 Å². The molecule has 0 bridgehead atoms. The lowest BCUT2D eigenvalue weighted by Gasteiger charge is -2.09. The normalized spacial score (nSPS) is 10.6. The van der Waals surface area contributed by atoms with Crippen molar-refractivity contribution in [1.29, 1.82) is 0 Å². The Morgan fingerprint density at radius 1 is 1.07 bits per heavy atom. The van der Waals surface area contributed by atoms with Gasteiger partial charge in [0.15, 0.2) is 6.61 Å². The number of anilines is 1. The maximum absolute atomic E-state index is 12.1. The minimum absolute atomic E-state index is 0.144. The Hall–Kier alpha value is -3.68. The summed E-state index contributed by atoms with van der Waals surface area (Å²) in [4.78, 5) is 35.1. The van der Waals surface area contributed by atoms with Crippen LogP contribution in [0.5, 0.6) is 5.75 Å². The number of aryl methyl sites for hydroxylation is 1. The summed E-state index contributed by atoms with van der Waals surface area (Å²) < 4.78 is 5.50. The summed E-state index contributed by atoms with van der Waals surface area (Å²) >= 11 is 0. The lowest BCUT2D eigenvalue weighted by atomic mass is 10.2. The Labute approximate surface area is 169 Å². The molecule has 8 heteroatoms. The summed E-state index contributed by atoms with van der Waals surface area (Å²) in [7, 11) is 0. The van der Waals surface area contributed by atoms with Crippen LogP contribution in [0.1, 0.15) is 25.0 Å². The minimum Gasteiger partial charge on any atom is -0.484 e. The predicted octanol–water partition coefficient (Wildman–Crippen LogP) is 1.99. The third kappa shape index (κ3) is 7.45. The number of nitrogens with zero attached hydrogens (tertiary/aromatic N) is 1. The molecule has 3 amide bonds. The van der Waals surface area contributed by atoms with Gasteiger partial charge in [-0.3, -0.25) is 14.4 Å². The van der Waals surface area contributed by atoms with Gasteiger partial charge in [0.1, 0.15) is 5.75 Å². The molecule has 0 aliphatic carbocycles. The van der Waals surface area contributed by atoms with Crippen molar-refractivity contribution >= 4 is 29.6 Å². The van der Waals surface area contributed by atoms with Gasteiger partial charge in [-0.25, -0.2) is 5.43 Å². The van der Waals surface area contributed by atoms with E-state index in [1.807, 2.05) is 31.2 Å². The molecule has 3 N–H and O–H groups in total. The number of amides is 3. The molecule has 0 saturated heterocycles. The van der Waals surface area contributed by atoms with Crippen molar-refractivity contribution in [3.8, 4) is 5.75 Å². The molecule has 2 aromatic carbocycles. The van der Waals surface area contributed by atoms with Crippen molar-refractivity contribution in [3.05, 3.63) is 59.7 Å². The third-order valence-corrected chi connectivity index (χ3v) is 3.65. The number of hydrogen-bond donors (Lipinski definition) is 3. The van der Waals surface area contributed by atoms with Crippen LogP contribution in [0.3, 0.4) is 0 Å². The SMILES string of the molecule is Cc1ccccc1NC(=O)COc1cccc(/C=N\NC(=O)C(=O)NC(C)C)c1. The van der Waals surface area contributed by atoms with Crippen LogP contribution >= 0.6 is 0 Å². The average Bonchev–Trinajstić information content (AvgIpc) is 2.68. The van der Waals surface area contributed by atoms with Crippen LogP contribution in [0, 0.1) is 6.92 Å². The van der Waals surface area contributed by atoms with E-state index in [4.69, 9.17) is 4.74 Å². The van der Waals surface area contributed by atoms with E-state index >= 15 is 0 Å². The van der Waals surface area contributed by atoms with Gasteiger partial charge in [-0.05, 0) is 50.1 Å². The Morgan fingerprint density at radius 2 is 1.83 bits per heavy atom. The highest BCUT2D eigenvalue weighted by Crippen LogP contribution is 2.14. The molecule has 2 aromatic rings. The van der Waals surface area contributed by atoms with Gasteiger partial charge in [0.2, 0.25) is 0 Å². The van der Waals surface area contributed by atoms with Crippen LogP contribution in [0.4, 0.5) is 5.69 Å². The van der Waals surface area contributed by atoms with Crippen LogP contribution in [0.15, 0.2) is 53.6 Å². The number of nitrogens with one attached hydrogen (secondary N) is 3. The molecule has 0 aliphatic heterocycles. The van der Waals surface area contributed by atoms with Crippen molar-refractivity contribution in [3.63, 3.8) is 0 Å². The molecule has 0 atom stereocenters. The fourth-order valence-electron chi connectivity index (χ4n) is 2.28. The van der Waals surface area contributed by atoms with Gasteiger partial charge >= 0.3 is 11.8 Å². The first kappa shape index (κ1) is 21.6. The van der Waals surface area contributed by atoms with E-state index in [-0.39, 0.29) is 18.6 Å². The molecule has 0 fully saturated rings. The average molecular weight is 396 g/mol. The summed E-state index contributed by atoms with van der Waals surface area (Å²) in [6.07, 6.45) is 1.38. The van der Waals surface area contributed by atoms with Gasteiger partial charge in [0.05, 0.1) is 6.21 Å². The monoisotopic (exact) mass is 396 g/mol. The Balaban J connectivity index is 1.86. The molecule has 8 nitrogen and oxygen atoms in total. The number of ether oxygens (including phenoxy) is 1. The van der Waals surface area contributed by atoms with Crippen molar-refractivity contribution in [1.82, 2.24) is 10.7 Å². The summed E-state index contributed by atoms with van der Waals surface area (Å²) in [6, 6.07) is 14.1. The molecule has 0 radical (unpaired) electrons. The summed E-state index contributed by atoms with van der Waals surface area (Å²) in [6.45, 7) is 5.26. The van der Waals surface area contributed by atoms with Gasteiger partial charge in [0, 0.05) is 11.7 Å². The summed E-state index contributed by atoms with van der Waals surface area (Å²) in [5, 5.41) is 9.01. The molecule has 0 heterocycles. The Bertz CT molecular complexity index is 909. The first-order chi connectivity index (χ1) is 13.8. The second-order valence-electron chi connectivity index (χ2n) is 6.55. The second-order valence-corrected chi connectivity index (χ2v) is 6.55. The van der Waals surface area contributed by atoms with Crippen LogP contribution in [0.2, 0.25) is 0 Å². The van der Waals surface area contributed by atoms with Crippen molar-refractivity contribution < 1.29 is 19.1 Å². The lowest BCUT2D eigenvalue weighted by molar-refractivity contribution is -0.139. The zero-order valence-corrected chi connectivity index (χ0v) is 16.6. The minimum atomic E-state index is -0.852. The van der Waals surface area contributed by atoms with Crippen LogP contribution < -0.4 is 20.8 Å². The Morgan fingerprint density at radius 3 is 2.55 bits per heavy atom. The van der Waals surface area contributed by atoms with E-state index in [0.717, 1.165) is 11.3 Å². The number of rotatable bonds is 7. The maximum atomic E-state index is 12.1. The number of para-hydroxylation sites is 1. The van der Waals surface area contributed by atoms with Crippen molar-refractivity contribution in [2.45, 2.75) is 26.8 Å². The molecule has 0 unspecified atom stereocenters. The number of carbonyl (C=O) groups is 3. The molecule has 0 aliphatic rings. The van der Waals surface area contributed by atoms with Gasteiger partial charge in [0.25, 0.3) is 5.91 Å². The van der Waals surface area contributed by atoms with Crippen LogP contribution in [-0.4, -0.2) is 36.6 Å². The summed E-state index contributed by atoms with van der Waals surface area (Å²) in [5.41, 5.74) is 4.48. The molecule has 0 spiro atoms. The lowest BCUT2D eigenvalue weighted by Crippen LogP contribution is -2.41. The zero-order valence-electron chi connectivity index (χ0n) is 16.6.